The van der Waals surface area contributed by atoms with Crippen molar-refractivity contribution in [1.82, 2.24) is 0 Å². The van der Waals surface area contributed by atoms with Gasteiger partial charge in [-0.15, -0.1) is 0 Å². The van der Waals surface area contributed by atoms with Gasteiger partial charge in [-0.1, -0.05) is 374 Å². The van der Waals surface area contributed by atoms with E-state index in [2.05, 4.69) is 642 Å². The van der Waals surface area contributed by atoms with Crippen LogP contribution in [0.25, 0.3) is 43.1 Å². The molecule has 0 saturated carbocycles. The molecule has 7 nitrogen and oxygen atoms in total. The van der Waals surface area contributed by atoms with Crippen LogP contribution in [0.4, 0.5) is 114 Å². The van der Waals surface area contributed by atoms with Gasteiger partial charge in [0.25, 0.3) is 0 Å². The molecule has 0 fully saturated rings. The van der Waals surface area contributed by atoms with Crippen LogP contribution in [0.2, 0.25) is 0 Å². The van der Waals surface area contributed by atoms with Gasteiger partial charge >= 0.3 is 0 Å². The Morgan fingerprint density at radius 3 is 0.531 bits per heavy atom. The molecular weight excluding hydrogens is 1760 g/mol. The van der Waals surface area contributed by atoms with Gasteiger partial charge in [0, 0.05) is 131 Å². The SMILES string of the molecule is Cc1cc(N(c2ccccc2)c2ccccc2)cc(N(c2ccccc2)c2ccccc2)c1.Cc1ccc(N(C)c2ccc(C)cc2)cc1.Cc1ccc(N(c2ccccc2)c2c3ccccc3cc3ccccc23)cc1.Cc1ccc(N(c2ccccc2)c2ccccc2)cc1.Cc1cccc(N(c2ccccc2)c2c3ccccc3cc3ccccc23)c1.Cc1cccc(N(c2ccccc2)c2ccccc2)c1. The molecule has 0 bridgehead atoms. The predicted molar refractivity (Wildman–Crippen MR) is 624 cm³/mol. The van der Waals surface area contributed by atoms with Gasteiger partial charge in [0.1, 0.15) is 0 Å². The normalized spacial score (nSPS) is 10.6. The highest BCUT2D eigenvalue weighted by molar-refractivity contribution is 6.16. The van der Waals surface area contributed by atoms with Crippen molar-refractivity contribution in [3.8, 4) is 0 Å². The average molecular weight is 1880 g/mol. The Kier molecular flexibility index (Phi) is 31.8. The lowest BCUT2D eigenvalue weighted by molar-refractivity contribution is 1.20. The second kappa shape index (κ2) is 47.6. The molecule has 23 rings (SSSR count). The molecule has 0 saturated heterocycles. The van der Waals surface area contributed by atoms with E-state index < -0.39 is 0 Å². The Labute approximate surface area is 855 Å². The van der Waals surface area contributed by atoms with Crippen molar-refractivity contribution >= 4 is 157 Å². The third kappa shape index (κ3) is 24.2. The number of fused-ring (bicyclic) bond motifs is 4. The van der Waals surface area contributed by atoms with Crippen molar-refractivity contribution < 1.29 is 0 Å². The minimum absolute atomic E-state index is 1.12. The molecule has 0 amide bonds. The van der Waals surface area contributed by atoms with E-state index in [1.165, 1.54) is 150 Å². The first-order chi connectivity index (χ1) is 71.3. The summed E-state index contributed by atoms with van der Waals surface area (Å²) in [6, 6.07) is 203. The smallest absolute Gasteiger partial charge is 0.0618 e. The molecular formula is C138H119N7. The molecule has 0 N–H and O–H groups in total. The van der Waals surface area contributed by atoms with Crippen molar-refractivity contribution in [2.45, 2.75) is 48.5 Å². The van der Waals surface area contributed by atoms with E-state index in [9.17, 15) is 0 Å². The molecule has 0 aliphatic heterocycles. The Morgan fingerprint density at radius 2 is 0.283 bits per heavy atom. The van der Waals surface area contributed by atoms with E-state index in [-0.39, 0.29) is 0 Å². The second-order valence-corrected chi connectivity index (χ2v) is 36.3. The molecule has 0 atom stereocenters. The summed E-state index contributed by atoms with van der Waals surface area (Å²) in [5.41, 5.74) is 32.2. The fraction of sp³-hybridized carbons (Fsp3) is 0.0580. The van der Waals surface area contributed by atoms with E-state index in [4.69, 9.17) is 0 Å². The van der Waals surface area contributed by atoms with Gasteiger partial charge in [0.2, 0.25) is 0 Å². The van der Waals surface area contributed by atoms with Crippen LogP contribution in [0, 0.1) is 48.5 Å². The lowest BCUT2D eigenvalue weighted by atomic mass is 9.99. The standard InChI is InChI=1S/C31H26N2.2C27H21N.2C19H17N.C15H17N/c1-25-22-30(32(26-14-6-2-7-15-26)27-16-8-3-9-17-27)24-31(23-25)33(28-18-10-4-11-19-28)29-20-12-5-13-21-29;1-20-10-9-15-24(18-20)28(23-13-3-2-4-14-23)27-25-16-7-5-11-21(25)19-22-12-6-8-17-26(22)27;1-20-15-17-24(18-16-20)28(23-11-3-2-4-12-23)27-25-13-7-5-9-21(25)19-22-10-6-8-14-26(22)27;1-16-9-8-14-19(15-16)20(17-10-4-2-5-11-17)18-12-6-3-7-13-18;1-16-12-14-19(15-13-16)20(17-8-4-2-5-9-17)18-10-6-3-7-11-18;1-12-4-8-14(9-5-12)16(3)15-10-6-13(2)7-11-15/h2-24H,1H3;2*2-19H,1H3;2*2-15H,1H3;4-11H,1-3H3. The average Bonchev–Trinajstić information content (AvgIpc) is 0.749. The molecule has 0 unspecified atom stereocenters. The van der Waals surface area contributed by atoms with Gasteiger partial charge < -0.3 is 34.3 Å². The van der Waals surface area contributed by atoms with Crippen molar-refractivity contribution in [3.05, 3.63) is 615 Å². The van der Waals surface area contributed by atoms with Crippen LogP contribution in [-0.2, 0) is 0 Å². The molecule has 0 heterocycles. The first kappa shape index (κ1) is 96.9. The summed E-state index contributed by atoms with van der Waals surface area (Å²) in [6.45, 7) is 14.9. The van der Waals surface area contributed by atoms with E-state index in [0.717, 1.165) is 45.5 Å². The number of para-hydroxylation sites is 10. The third-order valence-electron chi connectivity index (χ3n) is 25.6. The van der Waals surface area contributed by atoms with Crippen LogP contribution in [-0.4, -0.2) is 7.05 Å². The fourth-order valence-electron chi connectivity index (χ4n) is 18.4. The highest BCUT2D eigenvalue weighted by Gasteiger charge is 2.24. The minimum atomic E-state index is 1.12. The van der Waals surface area contributed by atoms with Crippen LogP contribution in [0.5, 0.6) is 0 Å². The van der Waals surface area contributed by atoms with Gasteiger partial charge in [-0.05, 0) is 311 Å². The Hall–Kier alpha value is -18.3. The second-order valence-electron chi connectivity index (χ2n) is 36.3. The highest BCUT2D eigenvalue weighted by atomic mass is 15.2. The van der Waals surface area contributed by atoms with Gasteiger partial charge in [0.15, 0.2) is 0 Å². The molecule has 706 valence electrons. The lowest BCUT2D eigenvalue weighted by Crippen LogP contribution is -2.13. The van der Waals surface area contributed by atoms with Gasteiger partial charge in [-0.2, -0.15) is 0 Å². The van der Waals surface area contributed by atoms with Crippen LogP contribution in [0.3, 0.4) is 0 Å². The van der Waals surface area contributed by atoms with Crippen LogP contribution >= 0.6 is 0 Å². The van der Waals surface area contributed by atoms with E-state index >= 15 is 0 Å². The van der Waals surface area contributed by atoms with Crippen molar-refractivity contribution in [1.29, 1.82) is 0 Å². The summed E-state index contributed by atoms with van der Waals surface area (Å²) >= 11 is 0. The van der Waals surface area contributed by atoms with E-state index in [1.807, 2.05) is 24.3 Å². The minimum Gasteiger partial charge on any atom is -0.345 e. The van der Waals surface area contributed by atoms with Crippen molar-refractivity contribution in [3.63, 3.8) is 0 Å². The number of hydrogen-bond acceptors (Lipinski definition) is 7. The maximum atomic E-state index is 2.39. The predicted octanol–water partition coefficient (Wildman–Crippen LogP) is 39.5. The van der Waals surface area contributed by atoms with E-state index in [0.29, 0.717) is 0 Å². The highest BCUT2D eigenvalue weighted by Crippen LogP contribution is 2.48. The topological polar surface area (TPSA) is 22.7 Å². The Morgan fingerprint density at radius 1 is 0.110 bits per heavy atom. The quantitative estimate of drug-likeness (QED) is 0.0701. The summed E-state index contributed by atoms with van der Waals surface area (Å²) < 4.78 is 0. The van der Waals surface area contributed by atoms with Gasteiger partial charge in [-0.3, -0.25) is 0 Å². The molecule has 0 aromatic heterocycles. The van der Waals surface area contributed by atoms with Crippen LogP contribution in [0.1, 0.15) is 38.9 Å². The Bertz CT molecular complexity index is 7620. The number of benzene rings is 23. The number of aryl methyl sites for hydroxylation is 7. The molecule has 0 aliphatic rings. The fourth-order valence-corrected chi connectivity index (χ4v) is 18.4. The molecule has 145 heavy (non-hydrogen) atoms. The van der Waals surface area contributed by atoms with Crippen molar-refractivity contribution in [2.75, 3.05) is 41.3 Å². The first-order valence-corrected chi connectivity index (χ1v) is 49.7. The zero-order valence-corrected chi connectivity index (χ0v) is 83.5. The molecule has 7 heteroatoms. The van der Waals surface area contributed by atoms with Crippen molar-refractivity contribution in [2.24, 2.45) is 0 Å². The summed E-state index contributed by atoms with van der Waals surface area (Å²) in [4.78, 5) is 16.1. The van der Waals surface area contributed by atoms with Crippen LogP contribution in [0.15, 0.2) is 576 Å². The Balaban J connectivity index is 0.000000116. The van der Waals surface area contributed by atoms with E-state index in [1.54, 1.807) is 0 Å². The summed E-state index contributed by atoms with van der Waals surface area (Å²) in [7, 11) is 2.09. The summed E-state index contributed by atoms with van der Waals surface area (Å²) in [6.07, 6.45) is 0. The molecule has 23 aromatic rings. The maximum Gasteiger partial charge on any atom is 0.0618 e. The number of anilines is 20. The lowest BCUT2D eigenvalue weighted by Gasteiger charge is -2.30. The van der Waals surface area contributed by atoms with Gasteiger partial charge in [0.05, 0.1) is 11.4 Å². The van der Waals surface area contributed by atoms with Gasteiger partial charge in [-0.25, -0.2) is 0 Å². The maximum absolute atomic E-state index is 2.39. The molecule has 0 radical (unpaired) electrons. The molecule has 0 aliphatic carbocycles. The molecule has 23 aromatic carbocycles. The third-order valence-corrected chi connectivity index (χ3v) is 25.6. The summed E-state index contributed by atoms with van der Waals surface area (Å²) in [5, 5.41) is 10.0. The monoisotopic (exact) mass is 1870 g/mol. The number of nitrogens with zero attached hydrogens (tertiary/aromatic N) is 7. The largest absolute Gasteiger partial charge is 0.345 e. The zero-order chi connectivity index (χ0) is 99.4. The summed E-state index contributed by atoms with van der Waals surface area (Å²) in [5.74, 6) is 0. The zero-order valence-electron chi connectivity index (χ0n) is 83.5. The number of rotatable bonds is 20. The first-order valence-electron chi connectivity index (χ1n) is 49.7. The van der Waals surface area contributed by atoms with Crippen LogP contribution < -0.4 is 34.3 Å². The molecule has 0 spiro atoms. The number of hydrogen-bond donors (Lipinski definition) is 0.